The van der Waals surface area contributed by atoms with Gasteiger partial charge in [-0.15, -0.1) is 21.8 Å². The van der Waals surface area contributed by atoms with Gasteiger partial charge in [0.15, 0.2) is 5.82 Å². The van der Waals surface area contributed by atoms with Crippen LogP contribution in [0.4, 0.5) is 5.82 Å². The van der Waals surface area contributed by atoms with Crippen LogP contribution in [0, 0.1) is 5.92 Å². The third-order valence-corrected chi connectivity index (χ3v) is 4.04. The maximum atomic E-state index is 6.17. The Labute approximate surface area is 111 Å². The molecule has 96 valence electrons. The lowest BCUT2D eigenvalue weighted by Gasteiger charge is -2.33. The van der Waals surface area contributed by atoms with Gasteiger partial charge in [-0.25, -0.2) is 4.98 Å². The van der Waals surface area contributed by atoms with Crippen molar-refractivity contribution in [2.75, 3.05) is 18.0 Å². The Morgan fingerprint density at radius 3 is 2.89 bits per heavy atom. The molecule has 0 aromatic carbocycles. The van der Waals surface area contributed by atoms with E-state index in [-0.39, 0.29) is 5.38 Å². The molecule has 2 aromatic rings. The molecule has 3 rings (SSSR count). The number of rotatable bonds is 2. The quantitative estimate of drug-likeness (QED) is 0.779. The van der Waals surface area contributed by atoms with Crippen LogP contribution in [0.15, 0.2) is 18.7 Å². The Morgan fingerprint density at radius 1 is 1.39 bits per heavy atom. The highest BCUT2D eigenvalue weighted by atomic mass is 35.5. The molecule has 0 aliphatic carbocycles. The van der Waals surface area contributed by atoms with Gasteiger partial charge in [-0.3, -0.25) is 4.40 Å². The number of nitrogens with zero attached hydrogens (tertiary/aromatic N) is 5. The highest BCUT2D eigenvalue weighted by molar-refractivity contribution is 6.20. The zero-order valence-electron chi connectivity index (χ0n) is 10.3. The lowest BCUT2D eigenvalue weighted by molar-refractivity contribution is 0.399. The molecule has 0 spiro atoms. The fourth-order valence-electron chi connectivity index (χ4n) is 2.54. The average Bonchev–Trinajstić information content (AvgIpc) is 2.87. The number of hydrogen-bond donors (Lipinski definition) is 0. The summed E-state index contributed by atoms with van der Waals surface area (Å²) in [4.78, 5) is 6.72. The Kier molecular flexibility index (Phi) is 3.07. The minimum atomic E-state index is 0.254. The van der Waals surface area contributed by atoms with Crippen molar-refractivity contribution in [2.24, 2.45) is 5.92 Å². The molecule has 3 heterocycles. The Morgan fingerprint density at radius 2 is 2.17 bits per heavy atom. The van der Waals surface area contributed by atoms with E-state index in [1.165, 1.54) is 0 Å². The summed E-state index contributed by atoms with van der Waals surface area (Å²) in [7, 11) is 0. The topological polar surface area (TPSA) is 46.3 Å². The van der Waals surface area contributed by atoms with Gasteiger partial charge >= 0.3 is 0 Å². The molecule has 1 unspecified atom stereocenters. The van der Waals surface area contributed by atoms with E-state index in [9.17, 15) is 0 Å². The summed E-state index contributed by atoms with van der Waals surface area (Å²) in [6, 6.07) is 0. The summed E-state index contributed by atoms with van der Waals surface area (Å²) >= 11 is 6.17. The number of aromatic nitrogens is 4. The van der Waals surface area contributed by atoms with Crippen molar-refractivity contribution >= 4 is 23.1 Å². The fraction of sp³-hybridized carbons (Fsp3) is 0.583. The Bertz CT molecular complexity index is 530. The molecule has 0 radical (unpaired) electrons. The molecule has 1 aliphatic heterocycles. The van der Waals surface area contributed by atoms with Crippen LogP contribution < -0.4 is 4.90 Å². The molecular formula is C12H16ClN5. The van der Waals surface area contributed by atoms with E-state index in [0.29, 0.717) is 5.92 Å². The van der Waals surface area contributed by atoms with Gasteiger partial charge in [-0.1, -0.05) is 0 Å². The van der Waals surface area contributed by atoms with E-state index in [1.54, 1.807) is 12.5 Å². The fourth-order valence-corrected chi connectivity index (χ4v) is 2.79. The first kappa shape index (κ1) is 11.7. The van der Waals surface area contributed by atoms with E-state index >= 15 is 0 Å². The second-order valence-corrected chi connectivity index (χ2v) is 5.50. The highest BCUT2D eigenvalue weighted by Crippen LogP contribution is 2.27. The van der Waals surface area contributed by atoms with E-state index in [4.69, 9.17) is 11.6 Å². The molecule has 2 aromatic heterocycles. The molecule has 0 bridgehead atoms. The molecule has 5 nitrogen and oxygen atoms in total. The van der Waals surface area contributed by atoms with Crippen LogP contribution in [0.1, 0.15) is 19.8 Å². The predicted molar refractivity (Wildman–Crippen MR) is 71.0 cm³/mol. The van der Waals surface area contributed by atoms with E-state index < -0.39 is 0 Å². The normalized spacial score (nSPS) is 19.3. The summed E-state index contributed by atoms with van der Waals surface area (Å²) in [6.45, 7) is 4.06. The van der Waals surface area contributed by atoms with E-state index in [0.717, 1.165) is 37.4 Å². The number of fused-ring (bicyclic) bond motifs is 1. The summed E-state index contributed by atoms with van der Waals surface area (Å²) in [6.07, 6.45) is 7.59. The van der Waals surface area contributed by atoms with Gasteiger partial charge in [0.05, 0.1) is 0 Å². The molecule has 0 N–H and O–H groups in total. The maximum Gasteiger partial charge on any atom is 0.203 e. The van der Waals surface area contributed by atoms with Crippen LogP contribution in [0.25, 0.3) is 5.65 Å². The van der Waals surface area contributed by atoms with Crippen LogP contribution >= 0.6 is 11.6 Å². The number of alkyl halides is 1. The average molecular weight is 266 g/mol. The summed E-state index contributed by atoms with van der Waals surface area (Å²) < 4.78 is 1.90. The van der Waals surface area contributed by atoms with E-state index in [1.807, 2.05) is 10.6 Å². The molecule has 1 saturated heterocycles. The van der Waals surface area contributed by atoms with Crippen LogP contribution in [0.3, 0.4) is 0 Å². The maximum absolute atomic E-state index is 6.17. The molecule has 1 aliphatic rings. The van der Waals surface area contributed by atoms with Crippen molar-refractivity contribution in [1.82, 2.24) is 19.6 Å². The third-order valence-electron chi connectivity index (χ3n) is 3.69. The number of piperidine rings is 1. The summed E-state index contributed by atoms with van der Waals surface area (Å²) in [5.41, 5.74) is 0.829. The van der Waals surface area contributed by atoms with Crippen LogP contribution in [0.2, 0.25) is 0 Å². The van der Waals surface area contributed by atoms with E-state index in [2.05, 4.69) is 27.0 Å². The van der Waals surface area contributed by atoms with Gasteiger partial charge in [0, 0.05) is 30.9 Å². The predicted octanol–water partition coefficient (Wildman–Crippen LogP) is 1.97. The molecule has 18 heavy (non-hydrogen) atoms. The molecular weight excluding hydrogens is 250 g/mol. The Hall–Kier alpha value is -1.36. The molecule has 0 amide bonds. The first-order valence-electron chi connectivity index (χ1n) is 6.29. The first-order chi connectivity index (χ1) is 8.75. The highest BCUT2D eigenvalue weighted by Gasteiger charge is 2.24. The molecule has 6 heteroatoms. The van der Waals surface area contributed by atoms with Crippen LogP contribution in [-0.2, 0) is 0 Å². The Balaban J connectivity index is 1.82. The van der Waals surface area contributed by atoms with Gasteiger partial charge in [-0.2, -0.15) is 0 Å². The monoisotopic (exact) mass is 265 g/mol. The standard InChI is InChI=1S/C12H16ClN5/c1-9(13)10-2-5-17(6-3-10)11-12-16-15-8-18(12)7-4-14-11/h4,7-10H,2-3,5-6H2,1H3. The summed E-state index contributed by atoms with van der Waals surface area (Å²) in [5, 5.41) is 8.31. The number of hydrogen-bond acceptors (Lipinski definition) is 4. The van der Waals surface area contributed by atoms with Crippen molar-refractivity contribution in [3.05, 3.63) is 18.7 Å². The lowest BCUT2D eigenvalue weighted by Crippen LogP contribution is -2.36. The van der Waals surface area contributed by atoms with Crippen molar-refractivity contribution < 1.29 is 0 Å². The second-order valence-electron chi connectivity index (χ2n) is 4.81. The largest absolute Gasteiger partial charge is 0.353 e. The zero-order valence-corrected chi connectivity index (χ0v) is 11.1. The molecule has 1 fully saturated rings. The van der Waals surface area contributed by atoms with Gasteiger partial charge in [0.25, 0.3) is 0 Å². The van der Waals surface area contributed by atoms with Gasteiger partial charge in [0.1, 0.15) is 6.33 Å². The third kappa shape index (κ3) is 2.03. The minimum absolute atomic E-state index is 0.254. The number of halogens is 1. The van der Waals surface area contributed by atoms with Gasteiger partial charge in [-0.05, 0) is 25.7 Å². The van der Waals surface area contributed by atoms with Crippen molar-refractivity contribution in [3.8, 4) is 0 Å². The second kappa shape index (κ2) is 4.72. The van der Waals surface area contributed by atoms with Crippen LogP contribution in [0.5, 0.6) is 0 Å². The molecule has 1 atom stereocenters. The zero-order chi connectivity index (χ0) is 12.5. The summed E-state index contributed by atoms with van der Waals surface area (Å²) in [5.74, 6) is 1.54. The minimum Gasteiger partial charge on any atom is -0.353 e. The van der Waals surface area contributed by atoms with Gasteiger partial charge in [0.2, 0.25) is 5.65 Å². The van der Waals surface area contributed by atoms with Crippen molar-refractivity contribution in [1.29, 1.82) is 0 Å². The molecule has 0 saturated carbocycles. The van der Waals surface area contributed by atoms with Gasteiger partial charge < -0.3 is 4.90 Å². The first-order valence-corrected chi connectivity index (χ1v) is 6.72. The van der Waals surface area contributed by atoms with Crippen LogP contribution in [-0.4, -0.2) is 38.0 Å². The van der Waals surface area contributed by atoms with Crippen molar-refractivity contribution in [2.45, 2.75) is 25.1 Å². The van der Waals surface area contributed by atoms with Crippen molar-refractivity contribution in [3.63, 3.8) is 0 Å². The lowest BCUT2D eigenvalue weighted by atomic mass is 9.94. The number of anilines is 1. The SMILES string of the molecule is CC(Cl)C1CCN(c2nccn3cnnc23)CC1. The smallest absolute Gasteiger partial charge is 0.203 e.